The molecule has 0 spiro atoms. The Balaban J connectivity index is 0.000000461. The first-order valence-electron chi connectivity index (χ1n) is 3.96. The molecule has 0 aliphatic heterocycles. The van der Waals surface area contributed by atoms with Gasteiger partial charge in [-0.3, -0.25) is 0 Å². The fourth-order valence-electron chi connectivity index (χ4n) is 0.951. The van der Waals surface area contributed by atoms with Crippen LogP contribution in [-0.2, 0) is 0 Å². The summed E-state index contributed by atoms with van der Waals surface area (Å²) in [5.74, 6) is 0.354. The molecular weight excluding hydrogens is 136 g/mol. The third-order valence-electron chi connectivity index (χ3n) is 1.21. The average Bonchev–Trinajstić information content (AvgIpc) is 1.88. The van der Waals surface area contributed by atoms with Crippen molar-refractivity contribution in [3.63, 3.8) is 0 Å². The first-order chi connectivity index (χ1) is 5.18. The van der Waals surface area contributed by atoms with Crippen molar-refractivity contribution in [3.05, 3.63) is 29.3 Å². The van der Waals surface area contributed by atoms with E-state index in [1.807, 2.05) is 33.8 Å². The van der Waals surface area contributed by atoms with Gasteiger partial charge in [-0.1, -0.05) is 19.9 Å². The van der Waals surface area contributed by atoms with E-state index in [1.54, 1.807) is 12.1 Å². The van der Waals surface area contributed by atoms with Gasteiger partial charge in [0.2, 0.25) is 0 Å². The number of aryl methyl sites for hydroxylation is 2. The summed E-state index contributed by atoms with van der Waals surface area (Å²) in [6.07, 6.45) is 0. The van der Waals surface area contributed by atoms with Crippen molar-refractivity contribution in [1.82, 2.24) is 0 Å². The minimum atomic E-state index is 0.354. The Hall–Kier alpha value is -0.980. The molecule has 0 bridgehead atoms. The summed E-state index contributed by atoms with van der Waals surface area (Å²) in [7, 11) is 0. The quantitative estimate of drug-likeness (QED) is 0.605. The minimum Gasteiger partial charge on any atom is -0.508 e. The molecule has 1 aromatic rings. The van der Waals surface area contributed by atoms with Crippen molar-refractivity contribution in [3.8, 4) is 5.75 Å². The Morgan fingerprint density at radius 1 is 0.909 bits per heavy atom. The van der Waals surface area contributed by atoms with Crippen molar-refractivity contribution in [2.45, 2.75) is 27.7 Å². The van der Waals surface area contributed by atoms with Gasteiger partial charge in [0.25, 0.3) is 0 Å². The van der Waals surface area contributed by atoms with E-state index in [4.69, 9.17) is 5.11 Å². The normalized spacial score (nSPS) is 8.36. The van der Waals surface area contributed by atoms with E-state index in [9.17, 15) is 0 Å². The third-order valence-corrected chi connectivity index (χ3v) is 1.21. The van der Waals surface area contributed by atoms with Crippen LogP contribution in [0.25, 0.3) is 0 Å². The van der Waals surface area contributed by atoms with E-state index in [2.05, 4.69) is 0 Å². The van der Waals surface area contributed by atoms with Crippen LogP contribution < -0.4 is 0 Å². The first-order valence-corrected chi connectivity index (χ1v) is 3.96. The summed E-state index contributed by atoms with van der Waals surface area (Å²) < 4.78 is 0. The van der Waals surface area contributed by atoms with Crippen molar-refractivity contribution in [1.29, 1.82) is 0 Å². The number of rotatable bonds is 0. The lowest BCUT2D eigenvalue weighted by atomic mass is 10.1. The van der Waals surface area contributed by atoms with Gasteiger partial charge in [-0.25, -0.2) is 0 Å². The fraction of sp³-hybridized carbons (Fsp3) is 0.400. The Morgan fingerprint density at radius 2 is 1.27 bits per heavy atom. The number of phenols is 1. The molecule has 0 amide bonds. The molecule has 0 aliphatic rings. The SMILES string of the molecule is CC.Cc1cc(C)cc(O)c1. The number of hydrogen-bond acceptors (Lipinski definition) is 1. The molecule has 0 unspecified atom stereocenters. The lowest BCUT2D eigenvalue weighted by Gasteiger charge is -1.95. The first kappa shape index (κ1) is 10.0. The fourth-order valence-corrected chi connectivity index (χ4v) is 0.951. The van der Waals surface area contributed by atoms with Crippen LogP contribution in [0.3, 0.4) is 0 Å². The number of benzene rings is 1. The molecule has 1 N–H and O–H groups in total. The highest BCUT2D eigenvalue weighted by Gasteiger charge is 1.89. The summed E-state index contributed by atoms with van der Waals surface area (Å²) in [4.78, 5) is 0. The minimum absolute atomic E-state index is 0.354. The van der Waals surface area contributed by atoms with Crippen molar-refractivity contribution < 1.29 is 5.11 Å². The zero-order chi connectivity index (χ0) is 8.85. The zero-order valence-electron chi connectivity index (χ0n) is 7.68. The van der Waals surface area contributed by atoms with Gasteiger partial charge < -0.3 is 5.11 Å². The van der Waals surface area contributed by atoms with Gasteiger partial charge in [0.1, 0.15) is 5.75 Å². The Bertz CT molecular complexity index is 166. The molecule has 0 radical (unpaired) electrons. The topological polar surface area (TPSA) is 20.2 Å². The van der Waals surface area contributed by atoms with Gasteiger partial charge in [0.05, 0.1) is 0 Å². The molecule has 0 saturated heterocycles. The van der Waals surface area contributed by atoms with Crippen molar-refractivity contribution in [2.24, 2.45) is 0 Å². The lowest BCUT2D eigenvalue weighted by molar-refractivity contribution is 0.474. The van der Waals surface area contributed by atoms with Crippen LogP contribution in [0, 0.1) is 13.8 Å². The van der Waals surface area contributed by atoms with Crippen LogP contribution in [0.15, 0.2) is 18.2 Å². The Labute approximate surface area is 68.7 Å². The van der Waals surface area contributed by atoms with Gasteiger partial charge >= 0.3 is 0 Å². The van der Waals surface area contributed by atoms with Gasteiger partial charge in [0.15, 0.2) is 0 Å². The van der Waals surface area contributed by atoms with Crippen LogP contribution in [0.2, 0.25) is 0 Å². The van der Waals surface area contributed by atoms with Crippen LogP contribution in [0.4, 0.5) is 0 Å². The number of hydrogen-bond donors (Lipinski definition) is 1. The second-order valence-corrected chi connectivity index (χ2v) is 2.35. The standard InChI is InChI=1S/C8H10O.C2H6/c1-6-3-7(2)5-8(9)4-6;1-2/h3-5,9H,1-2H3;1-2H3. The summed E-state index contributed by atoms with van der Waals surface area (Å²) >= 11 is 0. The molecule has 11 heavy (non-hydrogen) atoms. The molecule has 1 nitrogen and oxygen atoms in total. The predicted molar refractivity (Wildman–Crippen MR) is 48.9 cm³/mol. The number of aromatic hydroxyl groups is 1. The molecule has 0 heterocycles. The predicted octanol–water partition coefficient (Wildman–Crippen LogP) is 3.04. The molecule has 0 aliphatic carbocycles. The van der Waals surface area contributed by atoms with Gasteiger partial charge in [-0.05, 0) is 37.1 Å². The molecule has 0 fully saturated rings. The third kappa shape index (κ3) is 3.66. The van der Waals surface area contributed by atoms with Crippen LogP contribution >= 0.6 is 0 Å². The van der Waals surface area contributed by atoms with E-state index in [-0.39, 0.29) is 0 Å². The summed E-state index contributed by atoms with van der Waals surface area (Å²) in [5, 5.41) is 8.99. The lowest BCUT2D eigenvalue weighted by Crippen LogP contribution is -1.74. The molecule has 62 valence electrons. The van der Waals surface area contributed by atoms with E-state index in [0.29, 0.717) is 5.75 Å². The maximum atomic E-state index is 8.99. The second-order valence-electron chi connectivity index (χ2n) is 2.35. The van der Waals surface area contributed by atoms with Gasteiger partial charge in [-0.2, -0.15) is 0 Å². The van der Waals surface area contributed by atoms with Crippen LogP contribution in [-0.4, -0.2) is 5.11 Å². The highest BCUT2D eigenvalue weighted by Crippen LogP contribution is 2.13. The van der Waals surface area contributed by atoms with Crippen LogP contribution in [0.1, 0.15) is 25.0 Å². The highest BCUT2D eigenvalue weighted by molar-refractivity contribution is 5.31. The summed E-state index contributed by atoms with van der Waals surface area (Å²) in [6.45, 7) is 7.93. The van der Waals surface area contributed by atoms with E-state index in [1.165, 1.54) is 0 Å². The van der Waals surface area contributed by atoms with Crippen molar-refractivity contribution in [2.75, 3.05) is 0 Å². The van der Waals surface area contributed by atoms with Crippen molar-refractivity contribution >= 4 is 0 Å². The molecule has 1 heteroatoms. The largest absolute Gasteiger partial charge is 0.508 e. The van der Waals surface area contributed by atoms with E-state index in [0.717, 1.165) is 11.1 Å². The van der Waals surface area contributed by atoms with Gasteiger partial charge in [-0.15, -0.1) is 0 Å². The Morgan fingerprint density at radius 3 is 1.55 bits per heavy atom. The zero-order valence-corrected chi connectivity index (χ0v) is 7.68. The van der Waals surface area contributed by atoms with E-state index < -0.39 is 0 Å². The summed E-state index contributed by atoms with van der Waals surface area (Å²) in [6, 6.07) is 5.51. The molecule has 0 atom stereocenters. The van der Waals surface area contributed by atoms with Gasteiger partial charge in [0, 0.05) is 0 Å². The van der Waals surface area contributed by atoms with E-state index >= 15 is 0 Å². The molecule has 1 rings (SSSR count). The van der Waals surface area contributed by atoms with Crippen LogP contribution in [0.5, 0.6) is 5.75 Å². The molecule has 0 aromatic heterocycles. The summed E-state index contributed by atoms with van der Waals surface area (Å²) in [5.41, 5.74) is 2.21. The smallest absolute Gasteiger partial charge is 0.116 e. The second kappa shape index (κ2) is 4.78. The maximum absolute atomic E-state index is 8.99. The Kier molecular flexibility index (Phi) is 4.35. The highest BCUT2D eigenvalue weighted by atomic mass is 16.3. The molecular formula is C10H16O. The maximum Gasteiger partial charge on any atom is 0.116 e. The molecule has 0 saturated carbocycles. The average molecular weight is 152 g/mol. The number of phenolic OH excluding ortho intramolecular Hbond substituents is 1. The monoisotopic (exact) mass is 152 g/mol. The molecule has 1 aromatic carbocycles.